The maximum absolute atomic E-state index is 11.6. The molecule has 1 aliphatic carbocycles. The maximum Gasteiger partial charge on any atom is 0.309 e. The summed E-state index contributed by atoms with van der Waals surface area (Å²) in [4.78, 5) is 11.6. The molecule has 0 aromatic rings. The summed E-state index contributed by atoms with van der Waals surface area (Å²) < 4.78 is 11.4. The number of esters is 1. The molecule has 3 heteroatoms. The standard InChI is InChI=1S/C17H30O3/c1-7-12(2)10-13(3)14(4)20-17(5,6)11-19-16(18)15-8-9-15/h10,12,14-15H,7-9,11H2,1-6H3/b13-10+. The topological polar surface area (TPSA) is 35.5 Å². The number of hydrogen-bond donors (Lipinski definition) is 0. The van der Waals surface area contributed by atoms with Crippen molar-refractivity contribution in [2.75, 3.05) is 6.61 Å². The molecule has 20 heavy (non-hydrogen) atoms. The van der Waals surface area contributed by atoms with Gasteiger partial charge in [0.05, 0.1) is 17.6 Å². The molecule has 0 aliphatic heterocycles. The molecule has 2 atom stereocenters. The van der Waals surface area contributed by atoms with Crippen molar-refractivity contribution < 1.29 is 14.3 Å². The van der Waals surface area contributed by atoms with Gasteiger partial charge in [0.15, 0.2) is 0 Å². The van der Waals surface area contributed by atoms with Gasteiger partial charge in [0.25, 0.3) is 0 Å². The van der Waals surface area contributed by atoms with E-state index in [9.17, 15) is 4.79 Å². The minimum absolute atomic E-state index is 0.0404. The number of ether oxygens (including phenoxy) is 2. The molecule has 1 aliphatic rings. The first kappa shape index (κ1) is 17.2. The van der Waals surface area contributed by atoms with Crippen LogP contribution in [0.1, 0.15) is 60.8 Å². The highest BCUT2D eigenvalue weighted by Gasteiger charge is 2.33. The molecule has 0 spiro atoms. The van der Waals surface area contributed by atoms with E-state index in [-0.39, 0.29) is 18.0 Å². The monoisotopic (exact) mass is 282 g/mol. The third-order valence-electron chi connectivity index (χ3n) is 3.80. The molecule has 2 unspecified atom stereocenters. The van der Waals surface area contributed by atoms with E-state index < -0.39 is 5.60 Å². The molecule has 3 nitrogen and oxygen atoms in total. The molecule has 0 aromatic carbocycles. The summed E-state index contributed by atoms with van der Waals surface area (Å²) in [5.74, 6) is 0.647. The van der Waals surface area contributed by atoms with Gasteiger partial charge in [-0.05, 0) is 52.0 Å². The van der Waals surface area contributed by atoms with Crippen LogP contribution in [-0.2, 0) is 14.3 Å². The average Bonchev–Trinajstić information content (AvgIpc) is 3.19. The fraction of sp³-hybridized carbons (Fsp3) is 0.824. The van der Waals surface area contributed by atoms with Crippen LogP contribution in [0, 0.1) is 11.8 Å². The minimum Gasteiger partial charge on any atom is -0.462 e. The smallest absolute Gasteiger partial charge is 0.309 e. The maximum atomic E-state index is 11.6. The molecule has 0 aromatic heterocycles. The summed E-state index contributed by atoms with van der Waals surface area (Å²) in [6, 6.07) is 0. The SMILES string of the molecule is CCC(C)/C=C(\C)C(C)OC(C)(C)COC(=O)C1CC1. The Bertz CT molecular complexity index is 353. The summed E-state index contributed by atoms with van der Waals surface area (Å²) in [6.07, 6.45) is 5.39. The average molecular weight is 282 g/mol. The molecule has 1 rings (SSSR count). The van der Waals surface area contributed by atoms with Gasteiger partial charge >= 0.3 is 5.97 Å². The highest BCUT2D eigenvalue weighted by molar-refractivity contribution is 5.74. The van der Waals surface area contributed by atoms with Crippen LogP contribution < -0.4 is 0 Å². The lowest BCUT2D eigenvalue weighted by molar-refractivity contribution is -0.157. The van der Waals surface area contributed by atoms with E-state index in [1.54, 1.807) is 0 Å². The molecule has 0 N–H and O–H groups in total. The first-order chi connectivity index (χ1) is 9.25. The lowest BCUT2D eigenvalue weighted by Gasteiger charge is -2.29. The zero-order valence-electron chi connectivity index (χ0n) is 13.9. The van der Waals surface area contributed by atoms with E-state index in [1.807, 2.05) is 13.8 Å². The molecule has 1 fully saturated rings. The van der Waals surface area contributed by atoms with Crippen LogP contribution in [0.5, 0.6) is 0 Å². The van der Waals surface area contributed by atoms with E-state index in [2.05, 4.69) is 33.8 Å². The number of hydrogen-bond acceptors (Lipinski definition) is 3. The third-order valence-corrected chi connectivity index (χ3v) is 3.80. The van der Waals surface area contributed by atoms with Crippen molar-refractivity contribution in [3.8, 4) is 0 Å². The lowest BCUT2D eigenvalue weighted by atomic mass is 10.0. The van der Waals surface area contributed by atoms with Gasteiger partial charge in [-0.25, -0.2) is 0 Å². The number of carbonyl (C=O) groups is 1. The zero-order valence-corrected chi connectivity index (χ0v) is 13.9. The Balaban J connectivity index is 2.42. The Hall–Kier alpha value is -0.830. The zero-order chi connectivity index (χ0) is 15.3. The van der Waals surface area contributed by atoms with E-state index in [4.69, 9.17) is 9.47 Å². The number of allylic oxidation sites excluding steroid dienone is 1. The second kappa shape index (κ2) is 7.26. The summed E-state index contributed by atoms with van der Waals surface area (Å²) in [5, 5.41) is 0. The number of carbonyl (C=O) groups excluding carboxylic acids is 1. The fourth-order valence-electron chi connectivity index (χ4n) is 1.99. The summed E-state index contributed by atoms with van der Waals surface area (Å²) in [7, 11) is 0. The molecular formula is C17H30O3. The molecule has 0 heterocycles. The Morgan fingerprint density at radius 3 is 2.45 bits per heavy atom. The first-order valence-corrected chi connectivity index (χ1v) is 7.78. The Morgan fingerprint density at radius 2 is 1.95 bits per heavy atom. The lowest BCUT2D eigenvalue weighted by Crippen LogP contribution is -2.36. The van der Waals surface area contributed by atoms with Crippen LogP contribution in [0.3, 0.4) is 0 Å². The Labute approximate surface area is 123 Å². The van der Waals surface area contributed by atoms with Gasteiger partial charge in [0, 0.05) is 0 Å². The van der Waals surface area contributed by atoms with Gasteiger partial charge < -0.3 is 9.47 Å². The molecule has 1 saturated carbocycles. The summed E-state index contributed by atoms with van der Waals surface area (Å²) >= 11 is 0. The predicted molar refractivity (Wildman–Crippen MR) is 81.5 cm³/mol. The van der Waals surface area contributed by atoms with Gasteiger partial charge in [0.2, 0.25) is 0 Å². The van der Waals surface area contributed by atoms with E-state index >= 15 is 0 Å². The van der Waals surface area contributed by atoms with Crippen LogP contribution in [0.15, 0.2) is 11.6 Å². The first-order valence-electron chi connectivity index (χ1n) is 7.78. The largest absolute Gasteiger partial charge is 0.462 e. The second-order valence-electron chi connectivity index (χ2n) is 6.70. The number of rotatable bonds is 8. The van der Waals surface area contributed by atoms with Gasteiger partial charge in [-0.3, -0.25) is 4.79 Å². The highest BCUT2D eigenvalue weighted by atomic mass is 16.6. The highest BCUT2D eigenvalue weighted by Crippen LogP contribution is 2.30. The Morgan fingerprint density at radius 1 is 1.35 bits per heavy atom. The van der Waals surface area contributed by atoms with E-state index in [0.717, 1.165) is 19.3 Å². The molecule has 0 saturated heterocycles. The molecule has 0 bridgehead atoms. The second-order valence-corrected chi connectivity index (χ2v) is 6.70. The van der Waals surface area contributed by atoms with Crippen LogP contribution >= 0.6 is 0 Å². The van der Waals surface area contributed by atoms with E-state index in [1.165, 1.54) is 5.57 Å². The van der Waals surface area contributed by atoms with Crippen molar-refractivity contribution in [1.29, 1.82) is 0 Å². The van der Waals surface area contributed by atoms with Crippen LogP contribution in [0.25, 0.3) is 0 Å². The van der Waals surface area contributed by atoms with E-state index in [0.29, 0.717) is 12.5 Å². The predicted octanol–water partition coefficient (Wildman–Crippen LogP) is 4.12. The fourth-order valence-corrected chi connectivity index (χ4v) is 1.99. The van der Waals surface area contributed by atoms with Gasteiger partial charge in [-0.2, -0.15) is 0 Å². The van der Waals surface area contributed by atoms with Crippen LogP contribution in [0.2, 0.25) is 0 Å². The molecule has 0 amide bonds. The quantitative estimate of drug-likeness (QED) is 0.496. The van der Waals surface area contributed by atoms with Gasteiger partial charge in [-0.15, -0.1) is 0 Å². The summed E-state index contributed by atoms with van der Waals surface area (Å²) in [6.45, 7) is 12.8. The molecule has 0 radical (unpaired) electrons. The van der Waals surface area contributed by atoms with Crippen molar-refractivity contribution in [1.82, 2.24) is 0 Å². The van der Waals surface area contributed by atoms with Crippen molar-refractivity contribution in [2.45, 2.75) is 72.5 Å². The van der Waals surface area contributed by atoms with Crippen molar-refractivity contribution >= 4 is 5.97 Å². The van der Waals surface area contributed by atoms with Crippen molar-refractivity contribution in [2.24, 2.45) is 11.8 Å². The Kier molecular flexibility index (Phi) is 6.25. The molecule has 116 valence electrons. The molecular weight excluding hydrogens is 252 g/mol. The van der Waals surface area contributed by atoms with Crippen LogP contribution in [0.4, 0.5) is 0 Å². The van der Waals surface area contributed by atoms with Crippen molar-refractivity contribution in [3.63, 3.8) is 0 Å². The summed E-state index contributed by atoms with van der Waals surface area (Å²) in [5.41, 5.74) is 0.787. The normalized spacial score (nSPS) is 19.6. The van der Waals surface area contributed by atoms with Gasteiger partial charge in [0.1, 0.15) is 6.61 Å². The third kappa shape index (κ3) is 6.08. The van der Waals surface area contributed by atoms with Crippen LogP contribution in [-0.4, -0.2) is 24.3 Å². The minimum atomic E-state index is -0.450. The van der Waals surface area contributed by atoms with Gasteiger partial charge in [-0.1, -0.05) is 26.3 Å². The van der Waals surface area contributed by atoms with Crippen molar-refractivity contribution in [3.05, 3.63) is 11.6 Å².